The zero-order chi connectivity index (χ0) is 23.9. The quantitative estimate of drug-likeness (QED) is 0.316. The Morgan fingerprint density at radius 3 is 2.74 bits per heavy atom. The van der Waals surface area contributed by atoms with Crippen molar-refractivity contribution >= 4 is 40.0 Å². The molecule has 0 unspecified atom stereocenters. The predicted molar refractivity (Wildman–Crippen MR) is 128 cm³/mol. The highest BCUT2D eigenvalue weighted by Gasteiger charge is 2.21. The molecule has 1 fully saturated rings. The van der Waals surface area contributed by atoms with Crippen LogP contribution in [0.25, 0.3) is 5.69 Å². The van der Waals surface area contributed by atoms with Crippen LogP contribution in [0.15, 0.2) is 34.8 Å². The van der Waals surface area contributed by atoms with Gasteiger partial charge >= 0.3 is 0 Å². The second-order valence-electron chi connectivity index (χ2n) is 7.78. The fraction of sp³-hybridized carbons (Fsp3) is 0.409. The number of hydrogen-bond donors (Lipinski definition) is 2. The molecular formula is C22H25FN6O3S2. The minimum Gasteiger partial charge on any atom is -0.489 e. The van der Waals surface area contributed by atoms with Crippen LogP contribution in [0.2, 0.25) is 0 Å². The van der Waals surface area contributed by atoms with Gasteiger partial charge in [-0.05, 0) is 43.5 Å². The van der Waals surface area contributed by atoms with E-state index in [0.717, 1.165) is 32.1 Å². The van der Waals surface area contributed by atoms with Crippen LogP contribution in [-0.4, -0.2) is 50.2 Å². The van der Waals surface area contributed by atoms with E-state index in [-0.39, 0.29) is 29.2 Å². The topological polar surface area (TPSA) is 111 Å². The molecule has 1 saturated carbocycles. The van der Waals surface area contributed by atoms with Gasteiger partial charge in [0.2, 0.25) is 11.0 Å². The highest BCUT2D eigenvalue weighted by Crippen LogP contribution is 2.27. The summed E-state index contributed by atoms with van der Waals surface area (Å²) in [6.45, 7) is 2.37. The number of nitrogens with one attached hydrogen (secondary N) is 2. The predicted octanol–water partition coefficient (Wildman–Crippen LogP) is 4.05. The van der Waals surface area contributed by atoms with Crippen molar-refractivity contribution in [1.82, 2.24) is 25.3 Å². The molecule has 2 amide bonds. The molecule has 1 aliphatic carbocycles. The lowest BCUT2D eigenvalue weighted by atomic mass is 10.2. The molecule has 0 saturated heterocycles. The third-order valence-electron chi connectivity index (χ3n) is 5.12. The molecule has 1 aromatic carbocycles. The van der Waals surface area contributed by atoms with Crippen LogP contribution in [-0.2, 0) is 4.79 Å². The molecule has 34 heavy (non-hydrogen) atoms. The average Bonchev–Trinajstić information content (AvgIpc) is 3.58. The number of thioether (sulfide) groups is 1. The molecule has 3 aromatic rings. The summed E-state index contributed by atoms with van der Waals surface area (Å²) < 4.78 is 21.0. The largest absolute Gasteiger partial charge is 0.489 e. The van der Waals surface area contributed by atoms with Gasteiger partial charge in [0.1, 0.15) is 5.82 Å². The lowest BCUT2D eigenvalue weighted by Crippen LogP contribution is -2.33. The van der Waals surface area contributed by atoms with Gasteiger partial charge in [-0.25, -0.2) is 9.07 Å². The van der Waals surface area contributed by atoms with E-state index >= 15 is 0 Å². The number of benzene rings is 1. The Hall–Kier alpha value is -2.99. The van der Waals surface area contributed by atoms with Crippen LogP contribution in [0.1, 0.15) is 49.5 Å². The second kappa shape index (κ2) is 11.4. The Labute approximate surface area is 204 Å². The van der Waals surface area contributed by atoms with Crippen LogP contribution < -0.4 is 15.4 Å². The monoisotopic (exact) mass is 504 g/mol. The molecule has 0 aliphatic heterocycles. The first kappa shape index (κ1) is 24.1. The summed E-state index contributed by atoms with van der Waals surface area (Å²) in [6.07, 6.45) is 6.73. The number of anilines is 1. The summed E-state index contributed by atoms with van der Waals surface area (Å²) in [4.78, 5) is 25.0. The molecule has 0 radical (unpaired) electrons. The van der Waals surface area contributed by atoms with Gasteiger partial charge in [-0.15, -0.1) is 10.2 Å². The smallest absolute Gasteiger partial charge is 0.281 e. The molecule has 2 N–H and O–H groups in total. The van der Waals surface area contributed by atoms with Crippen molar-refractivity contribution in [3.8, 4) is 11.4 Å². The Balaban J connectivity index is 1.39. The van der Waals surface area contributed by atoms with Crippen molar-refractivity contribution in [2.45, 2.75) is 49.4 Å². The molecule has 0 atom stereocenters. The van der Waals surface area contributed by atoms with E-state index in [1.807, 2.05) is 6.92 Å². The number of rotatable bonds is 10. The van der Waals surface area contributed by atoms with Crippen molar-refractivity contribution in [3.05, 3.63) is 42.0 Å². The lowest BCUT2D eigenvalue weighted by molar-refractivity contribution is -0.119. The fourth-order valence-corrected chi connectivity index (χ4v) is 5.06. The zero-order valence-electron chi connectivity index (χ0n) is 18.6. The van der Waals surface area contributed by atoms with E-state index in [4.69, 9.17) is 4.74 Å². The maximum atomic E-state index is 13.3. The van der Waals surface area contributed by atoms with E-state index in [0.29, 0.717) is 27.5 Å². The van der Waals surface area contributed by atoms with Gasteiger partial charge in [-0.1, -0.05) is 42.9 Å². The Morgan fingerprint density at radius 2 is 2.00 bits per heavy atom. The van der Waals surface area contributed by atoms with E-state index in [1.165, 1.54) is 39.9 Å². The maximum Gasteiger partial charge on any atom is 0.281 e. The molecule has 12 heteroatoms. The SMILES string of the molecule is CCCOc1cn(-c2ccc(F)cc2)nc1C(=O)Nc1nnc(SCC(=O)NC2CCCC2)s1. The maximum absolute atomic E-state index is 13.3. The van der Waals surface area contributed by atoms with Gasteiger partial charge in [0, 0.05) is 6.04 Å². The molecule has 2 aromatic heterocycles. The van der Waals surface area contributed by atoms with Crippen molar-refractivity contribution in [3.63, 3.8) is 0 Å². The summed E-state index contributed by atoms with van der Waals surface area (Å²) in [6, 6.07) is 6.03. The van der Waals surface area contributed by atoms with Gasteiger partial charge in [0.15, 0.2) is 15.8 Å². The molecule has 0 spiro atoms. The number of amides is 2. The van der Waals surface area contributed by atoms with Crippen LogP contribution in [0.3, 0.4) is 0 Å². The van der Waals surface area contributed by atoms with Gasteiger partial charge in [-0.2, -0.15) is 5.10 Å². The summed E-state index contributed by atoms with van der Waals surface area (Å²) in [5.74, 6) is -0.333. The summed E-state index contributed by atoms with van der Waals surface area (Å²) in [5.41, 5.74) is 0.672. The molecule has 2 heterocycles. The first-order valence-electron chi connectivity index (χ1n) is 11.1. The minimum absolute atomic E-state index is 0.0262. The number of hydrogen-bond acceptors (Lipinski definition) is 8. The van der Waals surface area contributed by atoms with Crippen molar-refractivity contribution < 1.29 is 18.7 Å². The van der Waals surface area contributed by atoms with Crippen LogP contribution in [0.4, 0.5) is 9.52 Å². The standard InChI is InChI=1S/C22H25FN6O3S2/c1-2-11-32-17-12-29(16-9-7-14(23)8-10-16)28-19(17)20(31)25-21-26-27-22(34-21)33-13-18(30)24-15-5-3-4-6-15/h7-10,12,15H,2-6,11,13H2,1H3,(H,24,30)(H,25,26,31). The number of aromatic nitrogens is 4. The average molecular weight is 505 g/mol. The third kappa shape index (κ3) is 6.32. The Kier molecular flexibility index (Phi) is 8.12. The molecular weight excluding hydrogens is 479 g/mol. The summed E-state index contributed by atoms with van der Waals surface area (Å²) in [5, 5.41) is 18.4. The van der Waals surface area contributed by atoms with Crippen LogP contribution in [0.5, 0.6) is 5.75 Å². The van der Waals surface area contributed by atoms with Crippen LogP contribution in [0, 0.1) is 5.82 Å². The Bertz CT molecular complexity index is 1130. The fourth-order valence-electron chi connectivity index (χ4n) is 3.50. The van der Waals surface area contributed by atoms with Crippen molar-refractivity contribution in [2.24, 2.45) is 0 Å². The first-order valence-corrected chi connectivity index (χ1v) is 12.9. The number of ether oxygens (including phenoxy) is 1. The van der Waals surface area contributed by atoms with Crippen molar-refractivity contribution in [1.29, 1.82) is 0 Å². The molecule has 4 rings (SSSR count). The van der Waals surface area contributed by atoms with E-state index in [2.05, 4.69) is 25.9 Å². The van der Waals surface area contributed by atoms with Gasteiger partial charge in [0.05, 0.1) is 24.2 Å². The normalized spacial score (nSPS) is 13.7. The number of carbonyl (C=O) groups excluding carboxylic acids is 2. The van der Waals surface area contributed by atoms with E-state index < -0.39 is 5.91 Å². The van der Waals surface area contributed by atoms with E-state index in [1.54, 1.807) is 18.3 Å². The van der Waals surface area contributed by atoms with Crippen LogP contribution >= 0.6 is 23.1 Å². The van der Waals surface area contributed by atoms with Gasteiger partial charge in [-0.3, -0.25) is 14.9 Å². The number of carbonyl (C=O) groups is 2. The van der Waals surface area contributed by atoms with Gasteiger partial charge < -0.3 is 10.1 Å². The minimum atomic E-state index is -0.501. The Morgan fingerprint density at radius 1 is 1.24 bits per heavy atom. The first-order chi connectivity index (χ1) is 16.5. The second-order valence-corrected chi connectivity index (χ2v) is 9.98. The molecule has 1 aliphatic rings. The molecule has 0 bridgehead atoms. The molecule has 180 valence electrons. The van der Waals surface area contributed by atoms with E-state index in [9.17, 15) is 14.0 Å². The van der Waals surface area contributed by atoms with Gasteiger partial charge in [0.25, 0.3) is 5.91 Å². The zero-order valence-corrected chi connectivity index (χ0v) is 20.3. The number of nitrogens with zero attached hydrogens (tertiary/aromatic N) is 4. The molecule has 9 nitrogen and oxygen atoms in total. The highest BCUT2D eigenvalue weighted by molar-refractivity contribution is 8.01. The van der Waals surface area contributed by atoms with Crippen molar-refractivity contribution in [2.75, 3.05) is 17.7 Å². The highest BCUT2D eigenvalue weighted by atomic mass is 32.2. The summed E-state index contributed by atoms with van der Waals surface area (Å²) >= 11 is 2.46. The number of halogens is 1. The third-order valence-corrected chi connectivity index (χ3v) is 7.09. The summed E-state index contributed by atoms with van der Waals surface area (Å²) in [7, 11) is 0. The lowest BCUT2D eigenvalue weighted by Gasteiger charge is -2.10.